The number of carbonyl (C=O) groups excluding carboxylic acids is 1. The molecule has 1 aliphatic heterocycles. The Morgan fingerprint density at radius 1 is 1.25 bits per heavy atom. The number of carbonyl (C=O) groups is 1. The van der Waals surface area contributed by atoms with Crippen LogP contribution in [0.3, 0.4) is 0 Å². The predicted octanol–water partition coefficient (Wildman–Crippen LogP) is 2.08. The molecule has 0 unspecified atom stereocenters. The van der Waals surface area contributed by atoms with Crippen LogP contribution in [0, 0.1) is 0 Å². The van der Waals surface area contributed by atoms with Crippen molar-refractivity contribution in [1.82, 2.24) is 10.2 Å². The molecule has 1 fully saturated rings. The van der Waals surface area contributed by atoms with Crippen molar-refractivity contribution in [1.29, 1.82) is 0 Å². The van der Waals surface area contributed by atoms with Gasteiger partial charge in [-0.1, -0.05) is 23.7 Å². The van der Waals surface area contributed by atoms with E-state index in [1.165, 1.54) is 0 Å². The van der Waals surface area contributed by atoms with Crippen molar-refractivity contribution in [2.24, 2.45) is 0 Å². The van der Waals surface area contributed by atoms with Gasteiger partial charge in [0.15, 0.2) is 0 Å². The van der Waals surface area contributed by atoms with Crippen LogP contribution in [-0.4, -0.2) is 59.5 Å². The summed E-state index contributed by atoms with van der Waals surface area (Å²) in [5.74, 6) is 0.596. The molecule has 150 valence electrons. The monoisotopic (exact) mass is 404 g/mol. The number of nitrogens with one attached hydrogen (secondary N) is 1. The number of methoxy groups -OCH3 is 1. The van der Waals surface area contributed by atoms with E-state index in [-0.39, 0.29) is 19.0 Å². The number of rotatable bonds is 6. The van der Waals surface area contributed by atoms with E-state index in [1.807, 2.05) is 24.3 Å². The third-order valence-corrected chi connectivity index (χ3v) is 5.31. The first-order chi connectivity index (χ1) is 13.4. The van der Waals surface area contributed by atoms with E-state index >= 15 is 0 Å². The normalized spacial score (nSPS) is 22.1. The first kappa shape index (κ1) is 20.6. The van der Waals surface area contributed by atoms with Crippen molar-refractivity contribution in [3.8, 4) is 5.75 Å². The molecule has 1 amide bonds. The van der Waals surface area contributed by atoms with Crippen molar-refractivity contribution in [2.75, 3.05) is 26.7 Å². The number of piperidine rings is 1. The molecule has 0 saturated carbocycles. The average molecular weight is 405 g/mol. The molecule has 3 rings (SSSR count). The quantitative estimate of drug-likeness (QED) is 0.686. The number of likely N-dealkylation sites (tertiary alicyclic amines) is 1. The summed E-state index contributed by atoms with van der Waals surface area (Å²) in [6.07, 6.45) is -0.579. The van der Waals surface area contributed by atoms with Crippen molar-refractivity contribution in [2.45, 2.75) is 24.7 Å². The Morgan fingerprint density at radius 2 is 1.93 bits per heavy atom. The molecule has 6 nitrogen and oxygen atoms in total. The van der Waals surface area contributed by atoms with Crippen LogP contribution >= 0.6 is 11.6 Å². The molecular formula is C21H25ClN2O4. The van der Waals surface area contributed by atoms with Gasteiger partial charge in [-0.2, -0.15) is 0 Å². The number of aliphatic hydroxyl groups is 2. The molecular weight excluding hydrogens is 380 g/mol. The lowest BCUT2D eigenvalue weighted by Gasteiger charge is -2.42. The molecule has 3 N–H and O–H groups in total. The lowest BCUT2D eigenvalue weighted by molar-refractivity contribution is -0.111. The van der Waals surface area contributed by atoms with Gasteiger partial charge in [-0.15, -0.1) is 0 Å². The molecule has 0 aromatic heterocycles. The lowest BCUT2D eigenvalue weighted by Crippen LogP contribution is -2.62. The lowest BCUT2D eigenvalue weighted by atomic mass is 9.89. The predicted molar refractivity (Wildman–Crippen MR) is 108 cm³/mol. The number of nitrogens with zero attached hydrogens (tertiary/aromatic N) is 1. The van der Waals surface area contributed by atoms with E-state index in [2.05, 4.69) is 5.32 Å². The number of hydrogen-bond acceptors (Lipinski definition) is 5. The molecule has 1 aliphatic rings. The summed E-state index contributed by atoms with van der Waals surface area (Å²) in [6, 6.07) is 14.3. The van der Waals surface area contributed by atoms with Crippen LogP contribution in [0.15, 0.2) is 48.5 Å². The first-order valence-electron chi connectivity index (χ1n) is 9.20. The SMILES string of the molecule is COc1ccc(CNC[C@@]2(O)CN(C(=O)c3ccc(Cl)cc3)CC[C@@H]2O)cc1. The largest absolute Gasteiger partial charge is 0.497 e. The van der Waals surface area contributed by atoms with E-state index in [0.717, 1.165) is 11.3 Å². The highest BCUT2D eigenvalue weighted by Gasteiger charge is 2.42. The van der Waals surface area contributed by atoms with Gasteiger partial charge in [0.1, 0.15) is 11.4 Å². The fourth-order valence-corrected chi connectivity index (χ4v) is 3.48. The van der Waals surface area contributed by atoms with Crippen molar-refractivity contribution < 1.29 is 19.7 Å². The maximum atomic E-state index is 12.7. The van der Waals surface area contributed by atoms with Crippen LogP contribution < -0.4 is 10.1 Å². The molecule has 0 bridgehead atoms. The Balaban J connectivity index is 1.60. The molecule has 1 saturated heterocycles. The van der Waals surface area contributed by atoms with Crippen LogP contribution in [0.5, 0.6) is 5.75 Å². The average Bonchev–Trinajstić information content (AvgIpc) is 2.71. The number of benzene rings is 2. The zero-order valence-corrected chi connectivity index (χ0v) is 16.5. The summed E-state index contributed by atoms with van der Waals surface area (Å²) in [4.78, 5) is 14.3. The highest BCUT2D eigenvalue weighted by molar-refractivity contribution is 6.30. The maximum Gasteiger partial charge on any atom is 0.253 e. The molecule has 1 heterocycles. The highest BCUT2D eigenvalue weighted by Crippen LogP contribution is 2.23. The van der Waals surface area contributed by atoms with Gasteiger partial charge in [-0.25, -0.2) is 0 Å². The summed E-state index contributed by atoms with van der Waals surface area (Å²) in [5.41, 5.74) is 0.130. The third-order valence-electron chi connectivity index (χ3n) is 5.06. The number of β-amino-alcohol motifs (C(OH)–C–C–N with tert-alkyl or cyclic N) is 1. The Bertz CT molecular complexity index is 797. The van der Waals surface area contributed by atoms with Gasteiger partial charge < -0.3 is 25.2 Å². The Morgan fingerprint density at radius 3 is 2.57 bits per heavy atom. The molecule has 28 heavy (non-hydrogen) atoms. The number of amides is 1. The van der Waals surface area contributed by atoms with E-state index in [9.17, 15) is 15.0 Å². The topological polar surface area (TPSA) is 82.0 Å². The molecule has 2 aromatic carbocycles. The summed E-state index contributed by atoms with van der Waals surface area (Å²) < 4.78 is 5.14. The fraction of sp³-hybridized carbons (Fsp3) is 0.381. The van der Waals surface area contributed by atoms with Gasteiger partial charge in [0.25, 0.3) is 5.91 Å². The maximum absolute atomic E-state index is 12.7. The number of aliphatic hydroxyl groups excluding tert-OH is 1. The number of halogens is 1. The van der Waals surface area contributed by atoms with Gasteiger partial charge in [-0.05, 0) is 48.4 Å². The van der Waals surface area contributed by atoms with Crippen LogP contribution in [0.4, 0.5) is 0 Å². The summed E-state index contributed by atoms with van der Waals surface area (Å²) in [7, 11) is 1.62. The van der Waals surface area contributed by atoms with Gasteiger partial charge in [0, 0.05) is 30.2 Å². The minimum atomic E-state index is -1.41. The Hall–Kier alpha value is -2.12. The van der Waals surface area contributed by atoms with E-state index in [4.69, 9.17) is 16.3 Å². The molecule has 7 heteroatoms. The van der Waals surface area contributed by atoms with Crippen molar-refractivity contribution in [3.63, 3.8) is 0 Å². The zero-order valence-electron chi connectivity index (χ0n) is 15.8. The minimum absolute atomic E-state index is 0.0608. The number of ether oxygens (including phenoxy) is 1. The van der Waals surface area contributed by atoms with E-state index in [0.29, 0.717) is 30.1 Å². The second-order valence-corrected chi connectivity index (χ2v) is 7.53. The van der Waals surface area contributed by atoms with Crippen LogP contribution in [0.1, 0.15) is 22.3 Å². The second kappa shape index (κ2) is 8.92. The number of hydrogen-bond donors (Lipinski definition) is 3. The molecule has 2 atom stereocenters. The molecule has 0 spiro atoms. The van der Waals surface area contributed by atoms with Crippen LogP contribution in [-0.2, 0) is 6.54 Å². The third kappa shape index (κ3) is 4.83. The fourth-order valence-electron chi connectivity index (χ4n) is 3.35. The molecule has 0 aliphatic carbocycles. The van der Waals surface area contributed by atoms with Crippen LogP contribution in [0.2, 0.25) is 5.02 Å². The standard InChI is InChI=1S/C21H25ClN2O4/c1-28-18-8-2-15(3-9-18)12-23-13-21(27)14-24(11-10-19(21)25)20(26)16-4-6-17(22)7-5-16/h2-9,19,23,25,27H,10-14H2,1H3/t19-,21+/m0/s1. The second-order valence-electron chi connectivity index (χ2n) is 7.09. The van der Waals surface area contributed by atoms with Crippen LogP contribution in [0.25, 0.3) is 0 Å². The van der Waals surface area contributed by atoms with Crippen molar-refractivity contribution >= 4 is 17.5 Å². The summed E-state index contributed by atoms with van der Waals surface area (Å²) in [6.45, 7) is 1.16. The Labute approximate surface area is 169 Å². The zero-order chi connectivity index (χ0) is 20.1. The minimum Gasteiger partial charge on any atom is -0.497 e. The van der Waals surface area contributed by atoms with Gasteiger partial charge in [0.2, 0.25) is 0 Å². The van der Waals surface area contributed by atoms with E-state index in [1.54, 1.807) is 36.3 Å². The van der Waals surface area contributed by atoms with Gasteiger partial charge in [0.05, 0.1) is 19.8 Å². The summed E-state index contributed by atoms with van der Waals surface area (Å²) >= 11 is 5.88. The van der Waals surface area contributed by atoms with Gasteiger partial charge >= 0.3 is 0 Å². The molecule has 2 aromatic rings. The molecule has 0 radical (unpaired) electrons. The smallest absolute Gasteiger partial charge is 0.253 e. The van der Waals surface area contributed by atoms with Gasteiger partial charge in [-0.3, -0.25) is 4.79 Å². The van der Waals surface area contributed by atoms with E-state index < -0.39 is 11.7 Å². The Kier molecular flexibility index (Phi) is 6.57. The highest BCUT2D eigenvalue weighted by atomic mass is 35.5. The summed E-state index contributed by atoms with van der Waals surface area (Å²) in [5, 5.41) is 25.0. The van der Waals surface area contributed by atoms with Crippen molar-refractivity contribution in [3.05, 3.63) is 64.7 Å². The first-order valence-corrected chi connectivity index (χ1v) is 9.58.